The molecular formula is C20H20N4O3. The number of aromatic nitrogens is 2. The lowest BCUT2D eigenvalue weighted by Gasteiger charge is -2.28. The monoisotopic (exact) mass is 364 g/mol. The van der Waals surface area contributed by atoms with Crippen molar-refractivity contribution in [3.63, 3.8) is 0 Å². The molecule has 2 aromatic heterocycles. The van der Waals surface area contributed by atoms with Crippen LogP contribution in [0.4, 0.5) is 10.5 Å². The number of nitrogens with one attached hydrogen (secondary N) is 2. The summed E-state index contributed by atoms with van der Waals surface area (Å²) in [6.45, 7) is 3.04. The van der Waals surface area contributed by atoms with Crippen molar-refractivity contribution < 1.29 is 14.3 Å². The molecule has 7 nitrogen and oxygen atoms in total. The molecular weight excluding hydrogens is 344 g/mol. The Kier molecular flexibility index (Phi) is 4.50. The van der Waals surface area contributed by atoms with Gasteiger partial charge < -0.3 is 19.9 Å². The normalized spacial score (nSPS) is 13.3. The number of hydrogen-bond acceptors (Lipinski definition) is 4. The topological polar surface area (TPSA) is 87.3 Å². The molecule has 3 heterocycles. The molecule has 0 aliphatic carbocycles. The van der Waals surface area contributed by atoms with E-state index in [1.807, 2.05) is 30.5 Å². The molecule has 1 aromatic carbocycles. The molecule has 1 aliphatic heterocycles. The van der Waals surface area contributed by atoms with Crippen LogP contribution in [0, 0.1) is 0 Å². The lowest BCUT2D eigenvalue weighted by atomic mass is 9.97. The summed E-state index contributed by atoms with van der Waals surface area (Å²) in [6, 6.07) is 7.66. The zero-order chi connectivity index (χ0) is 18.8. The van der Waals surface area contributed by atoms with Gasteiger partial charge >= 0.3 is 6.09 Å². The minimum Gasteiger partial charge on any atom is -0.450 e. The summed E-state index contributed by atoms with van der Waals surface area (Å²) in [4.78, 5) is 33.8. The van der Waals surface area contributed by atoms with Crippen molar-refractivity contribution in [1.29, 1.82) is 0 Å². The second kappa shape index (κ2) is 7.11. The predicted octanol–water partition coefficient (Wildman–Crippen LogP) is 3.33. The highest BCUT2D eigenvalue weighted by Crippen LogP contribution is 2.25. The van der Waals surface area contributed by atoms with E-state index in [0.29, 0.717) is 31.7 Å². The van der Waals surface area contributed by atoms with Gasteiger partial charge in [0.1, 0.15) is 0 Å². The number of H-pyrrole nitrogens is 1. The average molecular weight is 364 g/mol. The molecule has 0 unspecified atom stereocenters. The fourth-order valence-corrected chi connectivity index (χ4v) is 3.44. The predicted molar refractivity (Wildman–Crippen MR) is 102 cm³/mol. The molecule has 2 N–H and O–H groups in total. The van der Waals surface area contributed by atoms with E-state index in [-0.39, 0.29) is 12.0 Å². The van der Waals surface area contributed by atoms with E-state index in [1.165, 1.54) is 0 Å². The van der Waals surface area contributed by atoms with Gasteiger partial charge in [0.25, 0.3) is 5.91 Å². The number of carbonyl (C=O) groups is 2. The molecule has 138 valence electrons. The van der Waals surface area contributed by atoms with Crippen LogP contribution in [-0.4, -0.2) is 40.0 Å². The number of nitrogens with zero attached hydrogens (tertiary/aromatic N) is 2. The van der Waals surface area contributed by atoms with Crippen molar-refractivity contribution >= 4 is 28.6 Å². The summed E-state index contributed by atoms with van der Waals surface area (Å²) >= 11 is 0. The SMILES string of the molecule is CCOC(=O)N1CCc2c(cncc2C(=O)Nc2cccc3[nH]ccc23)C1. The minimum absolute atomic E-state index is 0.197. The molecule has 27 heavy (non-hydrogen) atoms. The second-order valence-electron chi connectivity index (χ2n) is 6.39. The summed E-state index contributed by atoms with van der Waals surface area (Å²) in [5.41, 5.74) is 4.07. The number of aromatic amines is 1. The van der Waals surface area contributed by atoms with Gasteiger partial charge in [-0.1, -0.05) is 6.07 Å². The highest BCUT2D eigenvalue weighted by Gasteiger charge is 2.25. The lowest BCUT2D eigenvalue weighted by Crippen LogP contribution is -2.37. The van der Waals surface area contributed by atoms with E-state index in [2.05, 4.69) is 15.3 Å². The number of ether oxygens (including phenoxy) is 1. The summed E-state index contributed by atoms with van der Waals surface area (Å²) < 4.78 is 5.07. The van der Waals surface area contributed by atoms with E-state index in [9.17, 15) is 9.59 Å². The maximum atomic E-state index is 12.9. The number of anilines is 1. The number of pyridine rings is 1. The third kappa shape index (κ3) is 3.23. The zero-order valence-corrected chi connectivity index (χ0v) is 15.0. The van der Waals surface area contributed by atoms with E-state index in [4.69, 9.17) is 4.74 Å². The first-order valence-corrected chi connectivity index (χ1v) is 8.92. The fourth-order valence-electron chi connectivity index (χ4n) is 3.44. The first-order chi connectivity index (χ1) is 13.2. The number of amides is 2. The quantitative estimate of drug-likeness (QED) is 0.746. The Morgan fingerprint density at radius 3 is 3.04 bits per heavy atom. The van der Waals surface area contributed by atoms with Gasteiger partial charge in [0.05, 0.1) is 24.4 Å². The van der Waals surface area contributed by atoms with Gasteiger partial charge in [-0.3, -0.25) is 9.78 Å². The summed E-state index contributed by atoms with van der Waals surface area (Å²) in [7, 11) is 0. The Balaban J connectivity index is 1.58. The molecule has 0 saturated carbocycles. The molecule has 0 saturated heterocycles. The van der Waals surface area contributed by atoms with E-state index >= 15 is 0 Å². The molecule has 0 radical (unpaired) electrons. The summed E-state index contributed by atoms with van der Waals surface area (Å²) in [6.07, 6.45) is 5.40. The average Bonchev–Trinajstić information content (AvgIpc) is 3.17. The second-order valence-corrected chi connectivity index (χ2v) is 6.39. The summed E-state index contributed by atoms with van der Waals surface area (Å²) in [5.74, 6) is -0.197. The van der Waals surface area contributed by atoms with Crippen molar-refractivity contribution in [2.45, 2.75) is 19.9 Å². The lowest BCUT2D eigenvalue weighted by molar-refractivity contribution is 0.101. The summed E-state index contributed by atoms with van der Waals surface area (Å²) in [5, 5.41) is 3.94. The Bertz CT molecular complexity index is 1010. The van der Waals surface area contributed by atoms with Crippen molar-refractivity contribution in [2.75, 3.05) is 18.5 Å². The van der Waals surface area contributed by atoms with Crippen molar-refractivity contribution in [3.05, 3.63) is 59.5 Å². The van der Waals surface area contributed by atoms with Crippen LogP contribution in [0.3, 0.4) is 0 Å². The van der Waals surface area contributed by atoms with Crippen molar-refractivity contribution in [1.82, 2.24) is 14.9 Å². The molecule has 1 aliphatic rings. The molecule has 3 aromatic rings. The van der Waals surface area contributed by atoms with E-state index in [0.717, 1.165) is 27.7 Å². The van der Waals surface area contributed by atoms with Crippen LogP contribution in [0.15, 0.2) is 42.9 Å². The minimum atomic E-state index is -0.336. The Morgan fingerprint density at radius 2 is 2.19 bits per heavy atom. The van der Waals surface area contributed by atoms with Gasteiger partial charge in [-0.15, -0.1) is 0 Å². The standard InChI is InChI=1S/C20H20N4O3/c1-2-27-20(26)24-9-7-14-13(12-24)10-21-11-16(14)19(25)23-18-5-3-4-17-15(18)6-8-22-17/h3-6,8,10-11,22H,2,7,9,12H2,1H3,(H,23,25). The number of benzene rings is 1. The molecule has 0 bridgehead atoms. The fraction of sp³-hybridized carbons (Fsp3) is 0.250. The zero-order valence-electron chi connectivity index (χ0n) is 15.0. The van der Waals surface area contributed by atoms with Gasteiger partial charge in [-0.2, -0.15) is 0 Å². The van der Waals surface area contributed by atoms with Gasteiger partial charge in [0, 0.05) is 36.0 Å². The molecule has 0 fully saturated rings. The van der Waals surface area contributed by atoms with Crippen LogP contribution in [0.2, 0.25) is 0 Å². The number of fused-ring (bicyclic) bond motifs is 2. The number of hydrogen-bond donors (Lipinski definition) is 2. The van der Waals surface area contributed by atoms with Crippen LogP contribution in [-0.2, 0) is 17.7 Å². The van der Waals surface area contributed by atoms with E-state index < -0.39 is 0 Å². The Hall–Kier alpha value is -3.35. The first kappa shape index (κ1) is 17.1. The molecule has 0 atom stereocenters. The third-order valence-corrected chi connectivity index (χ3v) is 4.75. The van der Waals surface area contributed by atoms with Crippen molar-refractivity contribution in [2.24, 2.45) is 0 Å². The maximum Gasteiger partial charge on any atom is 0.410 e. The van der Waals surface area contributed by atoms with Crippen LogP contribution in [0.5, 0.6) is 0 Å². The molecule has 2 amide bonds. The van der Waals surface area contributed by atoms with Crippen molar-refractivity contribution in [3.8, 4) is 0 Å². The molecule has 4 rings (SSSR count). The van der Waals surface area contributed by atoms with Gasteiger partial charge in [-0.25, -0.2) is 4.79 Å². The Labute approximate surface area is 156 Å². The number of carbonyl (C=O) groups excluding carboxylic acids is 2. The van der Waals surface area contributed by atoms with Crippen LogP contribution < -0.4 is 5.32 Å². The van der Waals surface area contributed by atoms with Crippen LogP contribution >= 0.6 is 0 Å². The third-order valence-electron chi connectivity index (χ3n) is 4.75. The van der Waals surface area contributed by atoms with Gasteiger partial charge in [0.15, 0.2) is 0 Å². The molecule has 0 spiro atoms. The maximum absolute atomic E-state index is 12.9. The first-order valence-electron chi connectivity index (χ1n) is 8.92. The van der Waals surface area contributed by atoms with E-state index in [1.54, 1.807) is 24.2 Å². The smallest absolute Gasteiger partial charge is 0.410 e. The van der Waals surface area contributed by atoms with Crippen LogP contribution in [0.1, 0.15) is 28.4 Å². The largest absolute Gasteiger partial charge is 0.450 e. The van der Waals surface area contributed by atoms with Gasteiger partial charge in [-0.05, 0) is 42.7 Å². The number of rotatable bonds is 3. The molecule has 7 heteroatoms. The van der Waals surface area contributed by atoms with Crippen LogP contribution in [0.25, 0.3) is 10.9 Å². The highest BCUT2D eigenvalue weighted by atomic mass is 16.6. The highest BCUT2D eigenvalue weighted by molar-refractivity contribution is 6.09. The van der Waals surface area contributed by atoms with Gasteiger partial charge in [0.2, 0.25) is 0 Å². The Morgan fingerprint density at radius 1 is 1.30 bits per heavy atom.